The van der Waals surface area contributed by atoms with Crippen molar-refractivity contribution in [2.24, 2.45) is 0 Å². The predicted molar refractivity (Wildman–Crippen MR) is 112 cm³/mol. The zero-order valence-corrected chi connectivity index (χ0v) is 18.1. The molecule has 0 aliphatic rings. The zero-order valence-electron chi connectivity index (χ0n) is 17.4. The first-order valence-electron chi connectivity index (χ1n) is 10.8. The number of pyridine rings is 1. The Bertz CT molecular complexity index is 579. The molecular weight excluding hydrogens is 350 g/mol. The minimum Gasteiger partial charge on any atom is -1.00 e. The van der Waals surface area contributed by atoms with Gasteiger partial charge >= 0.3 is 0 Å². The molecule has 0 bridgehead atoms. The van der Waals surface area contributed by atoms with Gasteiger partial charge in [-0.25, -0.2) is 0 Å². The van der Waals surface area contributed by atoms with Crippen molar-refractivity contribution in [1.29, 1.82) is 0 Å². The monoisotopic (exact) mass is 387 g/mol. The van der Waals surface area contributed by atoms with E-state index in [0.717, 1.165) is 0 Å². The molecule has 0 N–H and O–H groups in total. The molecule has 1 heterocycles. The van der Waals surface area contributed by atoms with E-state index in [1.54, 1.807) is 0 Å². The van der Waals surface area contributed by atoms with Gasteiger partial charge in [0.2, 0.25) is 0 Å². The van der Waals surface area contributed by atoms with Crippen LogP contribution in [0.3, 0.4) is 0 Å². The Morgan fingerprint density at radius 3 is 1.78 bits per heavy atom. The third kappa shape index (κ3) is 9.42. The molecule has 1 aromatic heterocycles. The topological polar surface area (TPSA) is 3.88 Å². The average Bonchev–Trinajstić information content (AvgIpc) is 2.68. The molecule has 0 aliphatic heterocycles. The van der Waals surface area contributed by atoms with Gasteiger partial charge in [-0.15, -0.1) is 0 Å². The average molecular weight is 388 g/mol. The fraction of sp³-hybridized carbons (Fsp3) is 0.560. The molecule has 27 heavy (non-hydrogen) atoms. The Morgan fingerprint density at radius 1 is 0.704 bits per heavy atom. The van der Waals surface area contributed by atoms with E-state index in [2.05, 4.69) is 73.3 Å². The lowest BCUT2D eigenvalue weighted by Crippen LogP contribution is -3.00. The predicted octanol–water partition coefficient (Wildman–Crippen LogP) is 4.19. The fourth-order valence-electron chi connectivity index (χ4n) is 3.71. The fourth-order valence-corrected chi connectivity index (χ4v) is 3.71. The molecule has 1 nitrogen and oxygen atoms in total. The van der Waals surface area contributed by atoms with Crippen LogP contribution < -0.4 is 17.0 Å². The van der Waals surface area contributed by atoms with E-state index in [9.17, 15) is 0 Å². The highest BCUT2D eigenvalue weighted by atomic mass is 35.5. The number of aryl methyl sites for hydroxylation is 1. The van der Waals surface area contributed by atoms with Gasteiger partial charge in [-0.1, -0.05) is 95.0 Å². The van der Waals surface area contributed by atoms with E-state index in [0.29, 0.717) is 6.04 Å². The van der Waals surface area contributed by atoms with Gasteiger partial charge in [0.25, 0.3) is 0 Å². The third-order valence-electron chi connectivity index (χ3n) is 5.39. The van der Waals surface area contributed by atoms with E-state index in [1.807, 2.05) is 0 Å². The Kier molecular flexibility index (Phi) is 12.9. The molecule has 1 unspecified atom stereocenters. The zero-order chi connectivity index (χ0) is 18.5. The van der Waals surface area contributed by atoms with Crippen molar-refractivity contribution in [3.8, 4) is 0 Å². The van der Waals surface area contributed by atoms with Crippen LogP contribution in [0.25, 0.3) is 0 Å². The maximum Gasteiger partial charge on any atom is 0.183 e. The van der Waals surface area contributed by atoms with Gasteiger partial charge in [0.15, 0.2) is 18.4 Å². The van der Waals surface area contributed by atoms with E-state index in [-0.39, 0.29) is 12.4 Å². The Balaban J connectivity index is 0.00000364. The summed E-state index contributed by atoms with van der Waals surface area (Å²) in [4.78, 5) is 0. The Hall–Kier alpha value is -1.34. The summed E-state index contributed by atoms with van der Waals surface area (Å²) in [5.74, 6) is 0. The van der Waals surface area contributed by atoms with Crippen molar-refractivity contribution in [2.75, 3.05) is 0 Å². The molecule has 0 spiro atoms. The van der Waals surface area contributed by atoms with Crippen molar-refractivity contribution in [1.82, 2.24) is 0 Å². The van der Waals surface area contributed by atoms with Gasteiger partial charge in [-0.05, 0) is 18.9 Å². The first-order valence-corrected chi connectivity index (χ1v) is 10.8. The van der Waals surface area contributed by atoms with E-state index in [1.165, 1.54) is 81.8 Å². The lowest BCUT2D eigenvalue weighted by atomic mass is 9.99. The molecule has 1 aromatic carbocycles. The molecule has 0 saturated carbocycles. The summed E-state index contributed by atoms with van der Waals surface area (Å²) < 4.78 is 2.38. The molecule has 0 saturated heterocycles. The quantitative estimate of drug-likeness (QED) is 0.358. The van der Waals surface area contributed by atoms with E-state index >= 15 is 0 Å². The molecule has 2 aromatic rings. The summed E-state index contributed by atoms with van der Waals surface area (Å²) in [5.41, 5.74) is 2.75. The van der Waals surface area contributed by atoms with Crippen LogP contribution in [0.2, 0.25) is 0 Å². The van der Waals surface area contributed by atoms with Crippen LogP contribution in [0.5, 0.6) is 0 Å². The summed E-state index contributed by atoms with van der Waals surface area (Å²) in [7, 11) is 0. The van der Waals surface area contributed by atoms with Crippen LogP contribution in [-0.4, -0.2) is 0 Å². The minimum atomic E-state index is 0. The highest BCUT2D eigenvalue weighted by Crippen LogP contribution is 2.20. The maximum absolute atomic E-state index is 2.38. The number of nitrogens with zero attached hydrogens (tertiary/aromatic N) is 1. The Morgan fingerprint density at radius 2 is 1.22 bits per heavy atom. The number of aromatic nitrogens is 1. The third-order valence-corrected chi connectivity index (χ3v) is 5.39. The molecule has 1 atom stereocenters. The second-order valence-corrected chi connectivity index (χ2v) is 7.72. The number of unbranched alkanes of at least 4 members (excludes halogenated alkanes) is 9. The van der Waals surface area contributed by atoms with Crippen LogP contribution >= 0.6 is 0 Å². The van der Waals surface area contributed by atoms with Gasteiger partial charge in [-0.3, -0.25) is 0 Å². The highest BCUT2D eigenvalue weighted by molar-refractivity contribution is 5.17. The van der Waals surface area contributed by atoms with Gasteiger partial charge in [0.05, 0.1) is 0 Å². The van der Waals surface area contributed by atoms with Crippen molar-refractivity contribution in [3.05, 3.63) is 66.0 Å². The molecule has 2 rings (SSSR count). The molecule has 0 amide bonds. The van der Waals surface area contributed by atoms with Crippen LogP contribution in [0.4, 0.5) is 0 Å². The molecular formula is C25H38ClN. The molecule has 150 valence electrons. The summed E-state index contributed by atoms with van der Waals surface area (Å²) in [5, 5.41) is 0. The summed E-state index contributed by atoms with van der Waals surface area (Å²) in [6, 6.07) is 15.9. The van der Waals surface area contributed by atoms with Crippen LogP contribution in [0.15, 0.2) is 54.9 Å². The van der Waals surface area contributed by atoms with Crippen LogP contribution in [-0.2, 0) is 0 Å². The molecule has 0 radical (unpaired) electrons. The van der Waals surface area contributed by atoms with E-state index < -0.39 is 0 Å². The standard InChI is InChI=1S/C25H38N.ClH/c1-3-4-5-6-7-8-9-10-11-15-18-25(24-16-13-12-14-17-24)26-21-19-23(2)20-22-26;/h12-14,16-17,19-22,25H,3-11,15,18H2,1-2H3;1H/q+1;/p-1. The van der Waals surface area contributed by atoms with Crippen molar-refractivity contribution < 1.29 is 17.0 Å². The van der Waals surface area contributed by atoms with Crippen LogP contribution in [0.1, 0.15) is 94.7 Å². The van der Waals surface area contributed by atoms with Gasteiger partial charge in [0, 0.05) is 24.1 Å². The first kappa shape index (κ1) is 23.7. The summed E-state index contributed by atoms with van der Waals surface area (Å²) in [6.07, 6.45) is 19.7. The Labute approximate surface area is 173 Å². The minimum absolute atomic E-state index is 0. The normalized spacial score (nSPS) is 11.8. The molecule has 2 heteroatoms. The van der Waals surface area contributed by atoms with Gasteiger partial charge in [0.1, 0.15) is 0 Å². The number of halogens is 1. The van der Waals surface area contributed by atoms with Crippen molar-refractivity contribution in [2.45, 2.75) is 90.5 Å². The van der Waals surface area contributed by atoms with E-state index in [4.69, 9.17) is 0 Å². The molecule has 0 fully saturated rings. The van der Waals surface area contributed by atoms with Crippen molar-refractivity contribution in [3.63, 3.8) is 0 Å². The highest BCUT2D eigenvalue weighted by Gasteiger charge is 2.19. The lowest BCUT2D eigenvalue weighted by molar-refractivity contribution is -0.714. The summed E-state index contributed by atoms with van der Waals surface area (Å²) >= 11 is 0. The number of benzene rings is 1. The van der Waals surface area contributed by atoms with Gasteiger partial charge in [-0.2, -0.15) is 4.57 Å². The largest absolute Gasteiger partial charge is 1.00 e. The second kappa shape index (κ2) is 14.7. The smallest absolute Gasteiger partial charge is 0.183 e. The lowest BCUT2D eigenvalue weighted by Gasteiger charge is -2.13. The number of rotatable bonds is 13. The second-order valence-electron chi connectivity index (χ2n) is 7.72. The van der Waals surface area contributed by atoms with Gasteiger partial charge < -0.3 is 12.4 Å². The first-order chi connectivity index (χ1) is 12.8. The number of hydrogen-bond donors (Lipinski definition) is 0. The SMILES string of the molecule is CCCCCCCCCCCCC(c1ccccc1)[n+]1ccc(C)cc1.[Cl-]. The van der Waals surface area contributed by atoms with Crippen molar-refractivity contribution >= 4 is 0 Å². The van der Waals surface area contributed by atoms with Crippen LogP contribution in [0, 0.1) is 6.92 Å². The summed E-state index contributed by atoms with van der Waals surface area (Å²) in [6.45, 7) is 4.45. The maximum atomic E-state index is 2.38. The number of hydrogen-bond acceptors (Lipinski definition) is 0. The molecule has 0 aliphatic carbocycles.